The number of aliphatic imine (C=N–C) groups is 1. The van der Waals surface area contributed by atoms with Crippen LogP contribution in [0, 0.1) is 5.92 Å². The molecule has 0 saturated carbocycles. The molecule has 0 amide bonds. The molecular weight excluding hydrogens is 487 g/mol. The van der Waals surface area contributed by atoms with E-state index in [2.05, 4.69) is 20.1 Å². The maximum atomic E-state index is 10.3. The summed E-state index contributed by atoms with van der Waals surface area (Å²) in [6.45, 7) is 7.38. The predicted octanol–water partition coefficient (Wildman–Crippen LogP) is 2.28. The van der Waals surface area contributed by atoms with Crippen molar-refractivity contribution >= 4 is 52.9 Å². The third kappa shape index (κ3) is 6.20. The average Bonchev–Trinajstić information content (AvgIpc) is 3.26. The Labute approximate surface area is 181 Å². The molecule has 0 bridgehead atoms. The molecular formula is C17H28ClIN4O2S. The van der Waals surface area contributed by atoms with Gasteiger partial charge < -0.3 is 20.1 Å². The summed E-state index contributed by atoms with van der Waals surface area (Å²) in [5.74, 6) is 1.53. The largest absolute Gasteiger partial charge is 0.386 e. The van der Waals surface area contributed by atoms with Crippen molar-refractivity contribution in [3.05, 3.63) is 21.3 Å². The molecule has 9 heteroatoms. The predicted molar refractivity (Wildman–Crippen MR) is 118 cm³/mol. The molecule has 2 unspecified atom stereocenters. The van der Waals surface area contributed by atoms with Gasteiger partial charge in [-0.25, -0.2) is 0 Å². The Bertz CT molecular complexity index is 583. The number of halogens is 2. The van der Waals surface area contributed by atoms with E-state index >= 15 is 0 Å². The number of aliphatic hydroxyl groups is 1. The first-order chi connectivity index (χ1) is 12.2. The lowest BCUT2D eigenvalue weighted by molar-refractivity contribution is 0.0315. The first-order valence-corrected chi connectivity index (χ1v) is 10.0. The zero-order valence-electron chi connectivity index (χ0n) is 15.1. The summed E-state index contributed by atoms with van der Waals surface area (Å²) >= 11 is 7.35. The van der Waals surface area contributed by atoms with Gasteiger partial charge in [0.2, 0.25) is 0 Å². The van der Waals surface area contributed by atoms with Gasteiger partial charge >= 0.3 is 0 Å². The highest BCUT2D eigenvalue weighted by atomic mass is 127. The summed E-state index contributed by atoms with van der Waals surface area (Å²) in [4.78, 5) is 10.0. The van der Waals surface area contributed by atoms with E-state index in [1.165, 1.54) is 17.8 Å². The summed E-state index contributed by atoms with van der Waals surface area (Å²) in [6, 6.07) is 3.69. The van der Waals surface area contributed by atoms with E-state index in [4.69, 9.17) is 16.3 Å². The lowest BCUT2D eigenvalue weighted by Gasteiger charge is -2.29. The molecule has 2 saturated heterocycles. The van der Waals surface area contributed by atoms with Crippen LogP contribution < -0.4 is 5.32 Å². The van der Waals surface area contributed by atoms with Gasteiger partial charge in [0, 0.05) is 51.2 Å². The lowest BCUT2D eigenvalue weighted by atomic mass is 10.1. The second-order valence-corrected chi connectivity index (χ2v) is 8.35. The first-order valence-electron chi connectivity index (χ1n) is 8.84. The maximum absolute atomic E-state index is 10.3. The monoisotopic (exact) mass is 514 g/mol. The molecule has 1 aromatic heterocycles. The molecule has 1 aromatic rings. The Morgan fingerprint density at radius 1 is 1.42 bits per heavy atom. The van der Waals surface area contributed by atoms with Crippen molar-refractivity contribution in [3.8, 4) is 0 Å². The molecule has 3 heterocycles. The quantitative estimate of drug-likeness (QED) is 0.359. The van der Waals surface area contributed by atoms with E-state index < -0.39 is 6.10 Å². The van der Waals surface area contributed by atoms with Crippen LogP contribution in [-0.4, -0.2) is 80.4 Å². The maximum Gasteiger partial charge on any atom is 0.193 e. The molecule has 3 rings (SSSR count). The van der Waals surface area contributed by atoms with Crippen LogP contribution in [-0.2, 0) is 4.74 Å². The van der Waals surface area contributed by atoms with Gasteiger partial charge in [0.05, 0.1) is 17.6 Å². The van der Waals surface area contributed by atoms with E-state index in [0.29, 0.717) is 16.8 Å². The molecule has 2 aliphatic rings. The topological polar surface area (TPSA) is 60.3 Å². The number of nitrogens with zero attached hydrogens (tertiary/aromatic N) is 3. The first kappa shape index (κ1) is 22.2. The van der Waals surface area contributed by atoms with Gasteiger partial charge in [0.25, 0.3) is 0 Å². The van der Waals surface area contributed by atoms with Crippen LogP contribution in [0.25, 0.3) is 0 Å². The molecule has 0 radical (unpaired) electrons. The summed E-state index contributed by atoms with van der Waals surface area (Å²) in [6.07, 6.45) is 0.613. The lowest BCUT2D eigenvalue weighted by Crippen LogP contribution is -2.43. The minimum atomic E-state index is -0.569. The number of thiophene rings is 1. The second-order valence-electron chi connectivity index (χ2n) is 6.60. The number of nitrogens with one attached hydrogen (secondary N) is 1. The number of ether oxygens (including phenoxy) is 1. The molecule has 0 spiro atoms. The van der Waals surface area contributed by atoms with Gasteiger partial charge in [-0.2, -0.15) is 0 Å². The minimum absolute atomic E-state index is 0. The molecule has 148 valence electrons. The number of morpholine rings is 1. The smallest absolute Gasteiger partial charge is 0.193 e. The Morgan fingerprint density at radius 3 is 2.85 bits per heavy atom. The van der Waals surface area contributed by atoms with Crippen molar-refractivity contribution in [2.45, 2.75) is 12.5 Å². The average molecular weight is 515 g/mol. The number of aliphatic hydroxyl groups excluding tert-OH is 1. The molecule has 26 heavy (non-hydrogen) atoms. The summed E-state index contributed by atoms with van der Waals surface area (Å²) in [7, 11) is 1.80. The molecule has 6 nitrogen and oxygen atoms in total. The van der Waals surface area contributed by atoms with Gasteiger partial charge in [-0.3, -0.25) is 9.89 Å². The standard InChI is InChI=1S/C17H27ClN4O2S.HI/c1-19-17(20-10-14(23)15-2-3-16(18)25-15)22-5-4-13(12-22)11-21-6-8-24-9-7-21;/h2-3,13-14,23H,4-12H2,1H3,(H,19,20);1H. The van der Waals surface area contributed by atoms with E-state index in [1.54, 1.807) is 7.05 Å². The molecule has 2 fully saturated rings. The molecule has 2 N–H and O–H groups in total. The molecule has 0 aliphatic carbocycles. The number of hydrogen-bond donors (Lipinski definition) is 2. The highest BCUT2D eigenvalue weighted by molar-refractivity contribution is 14.0. The summed E-state index contributed by atoms with van der Waals surface area (Å²) < 4.78 is 6.12. The van der Waals surface area contributed by atoms with E-state index in [1.807, 2.05) is 12.1 Å². The Balaban J connectivity index is 0.00000243. The van der Waals surface area contributed by atoms with Crippen molar-refractivity contribution in [1.82, 2.24) is 15.1 Å². The number of guanidine groups is 1. The molecule has 2 aliphatic heterocycles. The van der Waals surface area contributed by atoms with Crippen molar-refractivity contribution in [2.75, 3.05) is 59.5 Å². The zero-order chi connectivity index (χ0) is 17.6. The van der Waals surface area contributed by atoms with Crippen molar-refractivity contribution in [2.24, 2.45) is 10.9 Å². The molecule has 2 atom stereocenters. The normalized spacial score (nSPS) is 23.0. The third-order valence-electron chi connectivity index (χ3n) is 4.79. The van der Waals surface area contributed by atoms with Crippen LogP contribution in [0.15, 0.2) is 17.1 Å². The van der Waals surface area contributed by atoms with Gasteiger partial charge in [-0.05, 0) is 24.5 Å². The van der Waals surface area contributed by atoms with E-state index in [-0.39, 0.29) is 24.0 Å². The Hall–Kier alpha value is -0.130. The summed E-state index contributed by atoms with van der Waals surface area (Å²) in [5.41, 5.74) is 0. The fraction of sp³-hybridized carbons (Fsp3) is 0.706. The van der Waals surface area contributed by atoms with Gasteiger partial charge in [-0.1, -0.05) is 11.6 Å². The minimum Gasteiger partial charge on any atom is -0.386 e. The number of likely N-dealkylation sites (tertiary alicyclic amines) is 1. The zero-order valence-corrected chi connectivity index (χ0v) is 19.0. The van der Waals surface area contributed by atoms with Crippen LogP contribution in [0.3, 0.4) is 0 Å². The Kier molecular flexibility index (Phi) is 9.39. The third-order valence-corrected chi connectivity index (χ3v) is 6.13. The fourth-order valence-electron chi connectivity index (χ4n) is 3.45. The van der Waals surface area contributed by atoms with E-state index in [9.17, 15) is 5.11 Å². The van der Waals surface area contributed by atoms with Crippen LogP contribution in [0.5, 0.6) is 0 Å². The van der Waals surface area contributed by atoms with Crippen LogP contribution in [0.4, 0.5) is 0 Å². The Morgan fingerprint density at radius 2 is 2.19 bits per heavy atom. The van der Waals surface area contributed by atoms with Crippen LogP contribution in [0.2, 0.25) is 4.34 Å². The van der Waals surface area contributed by atoms with E-state index in [0.717, 1.165) is 56.8 Å². The number of rotatable bonds is 5. The van der Waals surface area contributed by atoms with Crippen molar-refractivity contribution in [1.29, 1.82) is 0 Å². The summed E-state index contributed by atoms with van der Waals surface area (Å²) in [5, 5.41) is 13.6. The highest BCUT2D eigenvalue weighted by Gasteiger charge is 2.27. The SMILES string of the molecule is CN=C(NCC(O)c1ccc(Cl)s1)N1CCC(CN2CCOCC2)C1.I. The molecule has 0 aromatic carbocycles. The van der Waals surface area contributed by atoms with Crippen molar-refractivity contribution < 1.29 is 9.84 Å². The van der Waals surface area contributed by atoms with Crippen LogP contribution >= 0.6 is 46.9 Å². The van der Waals surface area contributed by atoms with Gasteiger partial charge in [0.15, 0.2) is 5.96 Å². The fourth-order valence-corrected chi connectivity index (χ4v) is 4.50. The second kappa shape index (κ2) is 11.0. The van der Waals surface area contributed by atoms with Crippen molar-refractivity contribution in [3.63, 3.8) is 0 Å². The van der Waals surface area contributed by atoms with Gasteiger partial charge in [-0.15, -0.1) is 35.3 Å². The van der Waals surface area contributed by atoms with Gasteiger partial charge in [0.1, 0.15) is 6.10 Å². The van der Waals surface area contributed by atoms with Crippen LogP contribution in [0.1, 0.15) is 17.4 Å². The number of hydrogen-bond acceptors (Lipinski definition) is 5. The highest BCUT2D eigenvalue weighted by Crippen LogP contribution is 2.26.